The van der Waals surface area contributed by atoms with Crippen molar-refractivity contribution in [3.63, 3.8) is 0 Å². The Morgan fingerprint density at radius 2 is 0.343 bits per heavy atom. The minimum atomic E-state index is 0. The van der Waals surface area contributed by atoms with Gasteiger partial charge in [-0.15, -0.1) is 33.1 Å². The monoisotopic (exact) mass is 1390 g/mol. The Bertz CT molecular complexity index is 2870. The van der Waals surface area contributed by atoms with Gasteiger partial charge >= 0.3 is 32.7 Å². The van der Waals surface area contributed by atoms with E-state index in [2.05, 4.69) is 293 Å². The number of hydrogen-bond donors (Lipinski definition) is 0. The fourth-order valence-corrected chi connectivity index (χ4v) is 11.7. The van der Waals surface area contributed by atoms with Crippen molar-refractivity contribution < 1.29 is 32.7 Å². The van der Waals surface area contributed by atoms with E-state index in [1.165, 1.54) is 65.7 Å². The fraction of sp³-hybridized carbons (Fsp3) is 0.400. The predicted octanol–water partition coefficient (Wildman–Crippen LogP) is 21.2. The van der Waals surface area contributed by atoms with Gasteiger partial charge in [-0.05, 0) is 135 Å². The van der Waals surface area contributed by atoms with Gasteiger partial charge in [0.05, 0.1) is 0 Å². The van der Waals surface area contributed by atoms with Crippen molar-refractivity contribution in [1.82, 2.24) is 15.0 Å². The molecule has 0 aliphatic rings. The molecule has 0 aliphatic heterocycles. The Labute approximate surface area is 493 Å². The summed E-state index contributed by atoms with van der Waals surface area (Å²) in [6.07, 6.45) is 0. The summed E-state index contributed by atoms with van der Waals surface area (Å²) in [6.45, 7) is 40.4. The third kappa shape index (κ3) is 12.0. The Morgan fingerprint density at radius 3 is 0.443 bits per heavy atom. The van der Waals surface area contributed by atoms with Gasteiger partial charge in [0.15, 0.2) is 0 Å². The van der Waals surface area contributed by atoms with Gasteiger partial charge in [-0.25, -0.2) is 0 Å². The topological polar surface area (TPSA) is 42.3 Å². The van der Waals surface area contributed by atoms with Gasteiger partial charge in [0.25, 0.3) is 0 Å². The molecule has 0 bridgehead atoms. The molecule has 366 valence electrons. The normalized spacial score (nSPS) is 13.0. The van der Waals surface area contributed by atoms with Crippen molar-refractivity contribution in [2.75, 3.05) is 0 Å². The zero-order valence-electron chi connectivity index (χ0n) is 44.1. The van der Waals surface area contributed by atoms with Gasteiger partial charge in [0.2, 0.25) is 0 Å². The second-order valence-corrected chi connectivity index (χ2v) is 30.1. The van der Waals surface area contributed by atoms with Crippen molar-refractivity contribution in [1.29, 1.82) is 0 Å². The summed E-state index contributed by atoms with van der Waals surface area (Å²) < 4.78 is 6.42. The van der Waals surface area contributed by atoms with Gasteiger partial charge in [-0.3, -0.25) is 0 Å². The molecule has 9 aromatic rings. The first-order valence-electron chi connectivity index (χ1n) is 23.7. The molecule has 0 unspecified atom stereocenters. The molecule has 3 aromatic heterocycles. The molecule has 0 saturated carbocycles. The first kappa shape index (κ1) is 58.0. The van der Waals surface area contributed by atoms with Crippen molar-refractivity contribution in [2.24, 2.45) is 0 Å². The number of rotatable bonds is 0. The Morgan fingerprint density at radius 1 is 0.229 bits per heavy atom. The molecular formula is C60H66Br6N3Y. The van der Waals surface area contributed by atoms with Crippen molar-refractivity contribution in [3.8, 4) is 0 Å². The van der Waals surface area contributed by atoms with Crippen LogP contribution in [0.3, 0.4) is 0 Å². The molecule has 0 radical (unpaired) electrons. The first-order chi connectivity index (χ1) is 31.4. The third-order valence-electron chi connectivity index (χ3n) is 13.1. The van der Waals surface area contributed by atoms with Gasteiger partial charge in [-0.1, -0.05) is 257 Å². The molecule has 0 spiro atoms. The predicted molar refractivity (Wildman–Crippen MR) is 323 cm³/mol. The number of hydrogen-bond acceptors (Lipinski definition) is 0. The SMILES string of the molecule is CC(C)(C)c1cc(Br)c2[n-]c3c(Br)cc(C(C)(C)C)cc3c2c1.CC(C)(C)c1cc(Br)c2[n-]c3c(Br)cc(C(C)(C)C)cc3c2c1.CC(C)(C)c1cc(Br)c2[n-]c3c(Br)cc(C(C)(C)C)cc3c2c1.[Y+3]. The average Bonchev–Trinajstić information content (AvgIpc) is 3.90. The Balaban J connectivity index is 0.000000171. The minimum Gasteiger partial charge on any atom is -0.655 e. The summed E-state index contributed by atoms with van der Waals surface area (Å²) in [5.74, 6) is 0. The molecule has 0 N–H and O–H groups in total. The van der Waals surface area contributed by atoms with Crippen LogP contribution in [0.4, 0.5) is 0 Å². The molecule has 70 heavy (non-hydrogen) atoms. The van der Waals surface area contributed by atoms with Crippen LogP contribution >= 0.6 is 95.6 Å². The van der Waals surface area contributed by atoms with Crippen LogP contribution in [0.5, 0.6) is 0 Å². The molecule has 0 amide bonds. The molecule has 0 atom stereocenters. The number of halogens is 6. The fourth-order valence-electron chi connectivity index (χ4n) is 8.44. The van der Waals surface area contributed by atoms with E-state index in [1.807, 2.05) is 0 Å². The van der Waals surface area contributed by atoms with Crippen LogP contribution < -0.4 is 15.0 Å². The zero-order chi connectivity index (χ0) is 51.5. The van der Waals surface area contributed by atoms with Crippen LogP contribution in [0.1, 0.15) is 158 Å². The Hall–Kier alpha value is -1.30. The summed E-state index contributed by atoms with van der Waals surface area (Å²) in [5.41, 5.74) is 14.8. The average molecular weight is 1400 g/mol. The molecule has 0 saturated heterocycles. The first-order valence-corrected chi connectivity index (χ1v) is 28.4. The van der Waals surface area contributed by atoms with Crippen LogP contribution in [-0.2, 0) is 65.2 Å². The van der Waals surface area contributed by atoms with Gasteiger partial charge in [0, 0.05) is 26.8 Å². The second kappa shape index (κ2) is 20.3. The maximum Gasteiger partial charge on any atom is 3.00 e. The standard InChI is InChI=1S/3C20H22Br2N.Y/c3*1-19(2,3)11-7-13-14-8-12(20(4,5)6)10-16(22)18(14)23-17(13)15(21)9-11;/h3*7-10H,1-6H3;/q3*-1;+3. The zero-order valence-corrected chi connectivity index (χ0v) is 56.5. The number of fused-ring (bicyclic) bond motifs is 9. The van der Waals surface area contributed by atoms with E-state index in [0.29, 0.717) is 0 Å². The summed E-state index contributed by atoms with van der Waals surface area (Å²) in [4.78, 5) is 14.6. The summed E-state index contributed by atoms with van der Waals surface area (Å²) in [7, 11) is 0. The van der Waals surface area contributed by atoms with Crippen molar-refractivity contribution in [2.45, 2.75) is 157 Å². The van der Waals surface area contributed by atoms with Crippen LogP contribution in [-0.4, -0.2) is 0 Å². The molecule has 0 fully saturated rings. The van der Waals surface area contributed by atoms with Gasteiger partial charge in [0.1, 0.15) is 0 Å². The van der Waals surface area contributed by atoms with E-state index < -0.39 is 0 Å². The Kier molecular flexibility index (Phi) is 16.8. The molecule has 3 heterocycles. The molecule has 6 aromatic carbocycles. The van der Waals surface area contributed by atoms with E-state index in [4.69, 9.17) is 15.0 Å². The van der Waals surface area contributed by atoms with E-state index >= 15 is 0 Å². The van der Waals surface area contributed by atoms with Gasteiger partial charge in [-0.2, -0.15) is 0 Å². The van der Waals surface area contributed by atoms with E-state index in [9.17, 15) is 0 Å². The van der Waals surface area contributed by atoms with Crippen LogP contribution in [0, 0.1) is 0 Å². The summed E-state index contributed by atoms with van der Waals surface area (Å²) in [5, 5.41) is 7.37. The number of aromatic nitrogens is 3. The smallest absolute Gasteiger partial charge is 0.655 e. The maximum atomic E-state index is 4.87. The number of nitrogens with zero attached hydrogens (tertiary/aromatic N) is 3. The molecule has 0 aliphatic carbocycles. The largest absolute Gasteiger partial charge is 3.00 e. The molecular weight excluding hydrogens is 1330 g/mol. The number of benzene rings is 6. The van der Waals surface area contributed by atoms with E-state index in [0.717, 1.165) is 59.9 Å². The quantitative estimate of drug-likeness (QED) is 0.152. The van der Waals surface area contributed by atoms with Crippen molar-refractivity contribution in [3.05, 3.63) is 133 Å². The van der Waals surface area contributed by atoms with Crippen LogP contribution in [0.25, 0.3) is 65.4 Å². The summed E-state index contributed by atoms with van der Waals surface area (Å²) in [6, 6.07) is 27.0. The molecule has 9 rings (SSSR count). The summed E-state index contributed by atoms with van der Waals surface area (Å²) >= 11 is 22.3. The maximum absolute atomic E-state index is 4.87. The van der Waals surface area contributed by atoms with Crippen LogP contribution in [0.2, 0.25) is 0 Å². The molecule has 3 nitrogen and oxygen atoms in total. The minimum absolute atomic E-state index is 0. The molecule has 10 heteroatoms. The van der Waals surface area contributed by atoms with E-state index in [-0.39, 0.29) is 65.2 Å². The third-order valence-corrected chi connectivity index (χ3v) is 16.7. The van der Waals surface area contributed by atoms with Crippen molar-refractivity contribution >= 4 is 161 Å². The van der Waals surface area contributed by atoms with E-state index in [1.54, 1.807) is 0 Å². The van der Waals surface area contributed by atoms with Gasteiger partial charge < -0.3 is 15.0 Å². The van der Waals surface area contributed by atoms with Crippen LogP contribution in [0.15, 0.2) is 99.6 Å². The second-order valence-electron chi connectivity index (χ2n) is 25.0.